The number of likely N-dealkylation sites (tertiary alicyclic amines) is 1. The number of nitrogens with zero attached hydrogens (tertiary/aromatic N) is 2. The Morgan fingerprint density at radius 2 is 1.79 bits per heavy atom. The zero-order valence-electron chi connectivity index (χ0n) is 27.7. The summed E-state index contributed by atoms with van der Waals surface area (Å²) in [4.78, 5) is 53.8. The number of urea groups is 1. The first-order valence-corrected chi connectivity index (χ1v) is 18.6. The summed E-state index contributed by atoms with van der Waals surface area (Å²) in [6.45, 7) is 4.13. The molecule has 0 aromatic heterocycles. The van der Waals surface area contributed by atoms with Crippen molar-refractivity contribution in [2.75, 3.05) is 19.6 Å². The van der Waals surface area contributed by atoms with Gasteiger partial charge >= 0.3 is 12.0 Å². The number of carboxylic acids is 1. The van der Waals surface area contributed by atoms with Gasteiger partial charge in [0.2, 0.25) is 21.8 Å². The first kappa shape index (κ1) is 36.4. The molecule has 260 valence electrons. The second kappa shape index (κ2) is 16.6. The minimum absolute atomic E-state index is 0.101. The summed E-state index contributed by atoms with van der Waals surface area (Å²) >= 11 is 0. The number of amides is 4. The first-order valence-electron chi connectivity index (χ1n) is 17.2. The molecule has 3 aliphatic rings. The molecule has 3 atom stereocenters. The molecule has 4 amide bonds. The molecule has 12 nitrogen and oxygen atoms in total. The Hall–Kier alpha value is -3.45. The van der Waals surface area contributed by atoms with Gasteiger partial charge in [-0.15, -0.1) is 0 Å². The number of carboxylic acid groups (broad SMARTS) is 1. The molecule has 1 aliphatic carbocycles. The molecule has 4 N–H and O–H groups in total. The van der Waals surface area contributed by atoms with Gasteiger partial charge in [0.25, 0.3) is 0 Å². The third kappa shape index (κ3) is 8.92. The number of aliphatic carboxylic acids is 1. The number of fused-ring (bicyclic) bond motifs is 1. The molecule has 1 unspecified atom stereocenters. The fourth-order valence-electron chi connectivity index (χ4n) is 6.97. The lowest BCUT2D eigenvalue weighted by molar-refractivity contribution is -0.147. The number of carbonyl (C=O) groups excluding carboxylic acids is 3. The second-order valence-corrected chi connectivity index (χ2v) is 14.9. The van der Waals surface area contributed by atoms with Gasteiger partial charge in [0.15, 0.2) is 5.54 Å². The van der Waals surface area contributed by atoms with E-state index in [4.69, 9.17) is 0 Å². The van der Waals surface area contributed by atoms with Crippen LogP contribution in [0.1, 0.15) is 96.5 Å². The maximum absolute atomic E-state index is 13.4. The fourth-order valence-corrected chi connectivity index (χ4v) is 8.63. The molecule has 0 spiro atoms. The zero-order chi connectivity index (χ0) is 34.0. The third-order valence-corrected chi connectivity index (χ3v) is 11.7. The number of rotatable bonds is 15. The van der Waals surface area contributed by atoms with Crippen LogP contribution in [0.4, 0.5) is 4.79 Å². The van der Waals surface area contributed by atoms with E-state index in [1.165, 1.54) is 9.21 Å². The van der Waals surface area contributed by atoms with E-state index >= 15 is 0 Å². The van der Waals surface area contributed by atoms with Crippen LogP contribution in [0.2, 0.25) is 0 Å². The minimum atomic E-state index is -3.67. The van der Waals surface area contributed by atoms with E-state index in [0.29, 0.717) is 30.7 Å². The molecule has 1 saturated carbocycles. The Labute approximate surface area is 278 Å². The number of allylic oxidation sites excluding steroid dienone is 1. The van der Waals surface area contributed by atoms with Crippen molar-refractivity contribution in [2.45, 2.75) is 120 Å². The lowest BCUT2D eigenvalue weighted by Gasteiger charge is -2.33. The first-order chi connectivity index (χ1) is 22.5. The van der Waals surface area contributed by atoms with Gasteiger partial charge in [-0.1, -0.05) is 76.3 Å². The van der Waals surface area contributed by atoms with Gasteiger partial charge in [-0.2, -0.15) is 4.31 Å². The van der Waals surface area contributed by atoms with Crippen molar-refractivity contribution in [3.63, 3.8) is 0 Å². The number of benzene rings is 1. The van der Waals surface area contributed by atoms with E-state index in [1.54, 1.807) is 37.3 Å². The maximum atomic E-state index is 13.4. The molecule has 0 bridgehead atoms. The van der Waals surface area contributed by atoms with Crippen LogP contribution in [0.5, 0.6) is 0 Å². The maximum Gasteiger partial charge on any atom is 0.333 e. The van der Waals surface area contributed by atoms with Crippen molar-refractivity contribution in [2.24, 2.45) is 5.92 Å². The highest BCUT2D eigenvalue weighted by Gasteiger charge is 2.42. The van der Waals surface area contributed by atoms with Gasteiger partial charge in [-0.25, -0.2) is 18.0 Å². The van der Waals surface area contributed by atoms with Crippen LogP contribution in [0.15, 0.2) is 41.3 Å². The number of carbonyl (C=O) groups is 4. The highest BCUT2D eigenvalue weighted by molar-refractivity contribution is 7.89. The van der Waals surface area contributed by atoms with E-state index in [0.717, 1.165) is 56.9 Å². The summed E-state index contributed by atoms with van der Waals surface area (Å²) in [5.41, 5.74) is -0.839. The lowest BCUT2D eigenvalue weighted by Crippen LogP contribution is -2.58. The summed E-state index contributed by atoms with van der Waals surface area (Å²) in [6.07, 6.45) is 13.0. The Balaban J connectivity index is 1.36. The molecule has 1 saturated heterocycles. The quantitative estimate of drug-likeness (QED) is 0.162. The van der Waals surface area contributed by atoms with E-state index in [9.17, 15) is 32.7 Å². The minimum Gasteiger partial charge on any atom is -0.479 e. The highest BCUT2D eigenvalue weighted by atomic mass is 32.2. The molecule has 1 aromatic rings. The Kier molecular flexibility index (Phi) is 12.8. The standard InChI is InChI=1S/C34H51N5O7S/c1-3-5-6-7-13-20-34(4-2,32(42)43)37-31(41)28-18-14-21-39(28)30(40)22-35-33(44)36-27(25-15-9-8-10-16-25)24-38-23-26-17-11-12-19-29(26)47(38,45)46/h11-13,17,19-20,25,27-28H,3-10,14-16,18,21-24H2,1-2H3,(H,37,41)(H,42,43)(H2,35,36,44)/b20-13-/t27?,28-,34+/m0/s1. The van der Waals surface area contributed by atoms with Crippen LogP contribution in [-0.4, -0.2) is 83.8 Å². The van der Waals surface area contributed by atoms with E-state index < -0.39 is 51.5 Å². The second-order valence-electron chi connectivity index (χ2n) is 13.0. The molecule has 13 heteroatoms. The molecular weight excluding hydrogens is 622 g/mol. The van der Waals surface area contributed by atoms with Crippen molar-refractivity contribution in [3.8, 4) is 0 Å². The van der Waals surface area contributed by atoms with Gasteiger partial charge in [-0.3, -0.25) is 9.59 Å². The number of hydrogen-bond donors (Lipinski definition) is 4. The molecule has 2 heterocycles. The van der Waals surface area contributed by atoms with E-state index in [1.807, 2.05) is 6.07 Å². The van der Waals surface area contributed by atoms with Gasteiger partial charge in [0.1, 0.15) is 6.04 Å². The van der Waals surface area contributed by atoms with Crippen LogP contribution in [0, 0.1) is 5.92 Å². The molecule has 2 aliphatic heterocycles. The predicted molar refractivity (Wildman–Crippen MR) is 178 cm³/mol. The number of unbranched alkanes of at least 4 members (excludes halogenated alkanes) is 3. The molecule has 2 fully saturated rings. The van der Waals surface area contributed by atoms with Gasteiger partial charge in [0, 0.05) is 25.7 Å². The van der Waals surface area contributed by atoms with Gasteiger partial charge in [-0.05, 0) is 62.5 Å². The summed E-state index contributed by atoms with van der Waals surface area (Å²) in [7, 11) is -3.67. The van der Waals surface area contributed by atoms with Crippen LogP contribution in [0.3, 0.4) is 0 Å². The summed E-state index contributed by atoms with van der Waals surface area (Å²) in [6, 6.07) is 5.06. The van der Waals surface area contributed by atoms with E-state index in [-0.39, 0.29) is 32.0 Å². The summed E-state index contributed by atoms with van der Waals surface area (Å²) < 4.78 is 27.9. The van der Waals surface area contributed by atoms with Crippen molar-refractivity contribution in [3.05, 3.63) is 42.0 Å². The normalized spacial score (nSPS) is 21.6. The monoisotopic (exact) mass is 673 g/mol. The zero-order valence-corrected chi connectivity index (χ0v) is 28.5. The Morgan fingerprint density at radius 3 is 2.47 bits per heavy atom. The van der Waals surface area contributed by atoms with Crippen molar-refractivity contribution < 1.29 is 32.7 Å². The molecule has 0 radical (unpaired) electrons. The van der Waals surface area contributed by atoms with Crippen LogP contribution < -0.4 is 16.0 Å². The predicted octanol–water partition coefficient (Wildman–Crippen LogP) is 3.92. The summed E-state index contributed by atoms with van der Waals surface area (Å²) in [5.74, 6) is -2.04. The van der Waals surface area contributed by atoms with Crippen LogP contribution in [-0.2, 0) is 31.0 Å². The highest BCUT2D eigenvalue weighted by Crippen LogP contribution is 2.33. The van der Waals surface area contributed by atoms with E-state index in [2.05, 4.69) is 22.9 Å². The Bertz CT molecular complexity index is 1410. The third-order valence-electron chi connectivity index (χ3n) is 9.81. The fraction of sp³-hybridized carbons (Fsp3) is 0.647. The number of sulfonamides is 1. The SMILES string of the molecule is CCCCC/C=C\[C@@](CC)(NC(=O)[C@@H]1CCCN1C(=O)CNC(=O)NC(CN1Cc2ccccc2S1(=O)=O)C1CCCCC1)C(=O)O. The molecule has 1 aromatic carbocycles. The number of hydrogen-bond acceptors (Lipinski definition) is 6. The topological polar surface area (TPSA) is 165 Å². The molecule has 47 heavy (non-hydrogen) atoms. The Morgan fingerprint density at radius 1 is 1.04 bits per heavy atom. The number of nitrogens with one attached hydrogen (secondary N) is 3. The summed E-state index contributed by atoms with van der Waals surface area (Å²) in [5, 5.41) is 18.3. The smallest absolute Gasteiger partial charge is 0.333 e. The van der Waals surface area contributed by atoms with Crippen LogP contribution >= 0.6 is 0 Å². The van der Waals surface area contributed by atoms with Crippen molar-refractivity contribution in [1.29, 1.82) is 0 Å². The average molecular weight is 674 g/mol. The average Bonchev–Trinajstić information content (AvgIpc) is 3.66. The van der Waals surface area contributed by atoms with Gasteiger partial charge in [0.05, 0.1) is 11.4 Å². The van der Waals surface area contributed by atoms with Gasteiger partial charge < -0.3 is 26.0 Å². The largest absolute Gasteiger partial charge is 0.479 e. The van der Waals surface area contributed by atoms with Crippen molar-refractivity contribution >= 4 is 33.8 Å². The molecule has 4 rings (SSSR count). The molecular formula is C34H51N5O7S. The van der Waals surface area contributed by atoms with Crippen LogP contribution in [0.25, 0.3) is 0 Å². The lowest BCUT2D eigenvalue weighted by atomic mass is 9.84. The van der Waals surface area contributed by atoms with Crippen molar-refractivity contribution in [1.82, 2.24) is 25.2 Å².